The van der Waals surface area contributed by atoms with Gasteiger partial charge in [-0.3, -0.25) is 14.8 Å². The summed E-state index contributed by atoms with van der Waals surface area (Å²) in [6, 6.07) is 7.97. The van der Waals surface area contributed by atoms with Crippen molar-refractivity contribution in [3.63, 3.8) is 0 Å². The lowest BCUT2D eigenvalue weighted by atomic mass is 10.2. The minimum Gasteiger partial charge on any atom is -0.370 e. The highest BCUT2D eigenvalue weighted by Crippen LogP contribution is 2.17. The minimum atomic E-state index is 0.186. The predicted octanol–water partition coefficient (Wildman–Crippen LogP) is 2.07. The molecule has 1 fully saturated rings. The number of carbonyl (C=O) groups is 1. The molecule has 0 bridgehead atoms. The van der Waals surface area contributed by atoms with Crippen molar-refractivity contribution >= 4 is 11.6 Å². The zero-order valence-electron chi connectivity index (χ0n) is 13.5. The Balaban J connectivity index is 1.61. The van der Waals surface area contributed by atoms with E-state index in [0.717, 1.165) is 43.9 Å². The highest BCUT2D eigenvalue weighted by Gasteiger charge is 2.19. The SMILES string of the molecule is Cc1cc(N2CCCN(C(=O)Cc3cccnc3)CC2)ccn1. The molecule has 0 unspecified atom stereocenters. The standard InChI is InChI=1S/C18H22N4O/c1-15-12-17(5-7-20-15)21-8-3-9-22(11-10-21)18(23)13-16-4-2-6-19-14-16/h2,4-7,12,14H,3,8-11,13H2,1H3. The van der Waals surface area contributed by atoms with Gasteiger partial charge in [0, 0.05) is 56.2 Å². The van der Waals surface area contributed by atoms with E-state index >= 15 is 0 Å². The molecule has 2 aromatic heterocycles. The van der Waals surface area contributed by atoms with E-state index in [1.807, 2.05) is 36.2 Å². The number of aromatic nitrogens is 2. The molecule has 1 saturated heterocycles. The first-order valence-electron chi connectivity index (χ1n) is 8.06. The largest absolute Gasteiger partial charge is 0.370 e. The van der Waals surface area contributed by atoms with E-state index in [2.05, 4.69) is 20.9 Å². The van der Waals surface area contributed by atoms with Gasteiger partial charge in [-0.2, -0.15) is 0 Å². The second kappa shape index (κ2) is 7.22. The summed E-state index contributed by atoms with van der Waals surface area (Å²) < 4.78 is 0. The van der Waals surface area contributed by atoms with E-state index in [0.29, 0.717) is 6.42 Å². The average molecular weight is 310 g/mol. The number of rotatable bonds is 3. The van der Waals surface area contributed by atoms with Crippen molar-refractivity contribution < 1.29 is 4.79 Å². The van der Waals surface area contributed by atoms with Crippen LogP contribution in [0.5, 0.6) is 0 Å². The van der Waals surface area contributed by atoms with Gasteiger partial charge in [0.1, 0.15) is 0 Å². The smallest absolute Gasteiger partial charge is 0.227 e. The van der Waals surface area contributed by atoms with Crippen molar-refractivity contribution in [2.24, 2.45) is 0 Å². The molecule has 0 spiro atoms. The van der Waals surface area contributed by atoms with E-state index in [4.69, 9.17) is 0 Å². The maximum atomic E-state index is 12.5. The Hall–Kier alpha value is -2.43. The fourth-order valence-corrected chi connectivity index (χ4v) is 2.94. The Morgan fingerprint density at radius 2 is 2.09 bits per heavy atom. The number of anilines is 1. The zero-order valence-corrected chi connectivity index (χ0v) is 13.5. The normalized spacial score (nSPS) is 15.3. The van der Waals surface area contributed by atoms with E-state index in [1.54, 1.807) is 12.4 Å². The van der Waals surface area contributed by atoms with Crippen LogP contribution in [0.2, 0.25) is 0 Å². The first-order chi connectivity index (χ1) is 11.2. The van der Waals surface area contributed by atoms with Crippen LogP contribution in [0.15, 0.2) is 42.9 Å². The lowest BCUT2D eigenvalue weighted by Gasteiger charge is -2.24. The number of carbonyl (C=O) groups excluding carboxylic acids is 1. The summed E-state index contributed by atoms with van der Waals surface area (Å²) in [5.74, 6) is 0.186. The van der Waals surface area contributed by atoms with Gasteiger partial charge in [0.25, 0.3) is 0 Å². The zero-order chi connectivity index (χ0) is 16.1. The summed E-state index contributed by atoms with van der Waals surface area (Å²) in [7, 11) is 0. The molecule has 1 amide bonds. The summed E-state index contributed by atoms with van der Waals surface area (Å²) in [5.41, 5.74) is 3.19. The number of nitrogens with zero attached hydrogens (tertiary/aromatic N) is 4. The Morgan fingerprint density at radius 3 is 2.87 bits per heavy atom. The molecule has 1 aliphatic rings. The maximum Gasteiger partial charge on any atom is 0.227 e. The van der Waals surface area contributed by atoms with Crippen molar-refractivity contribution in [3.8, 4) is 0 Å². The molecular formula is C18H22N4O. The van der Waals surface area contributed by atoms with Crippen molar-refractivity contribution in [2.75, 3.05) is 31.1 Å². The quantitative estimate of drug-likeness (QED) is 0.871. The molecular weight excluding hydrogens is 288 g/mol. The first-order valence-corrected chi connectivity index (χ1v) is 8.06. The Labute approximate surface area is 137 Å². The van der Waals surface area contributed by atoms with Crippen molar-refractivity contribution in [1.29, 1.82) is 0 Å². The van der Waals surface area contributed by atoms with Crippen molar-refractivity contribution in [3.05, 3.63) is 54.1 Å². The molecule has 120 valence electrons. The summed E-state index contributed by atoms with van der Waals surface area (Å²) in [6.07, 6.45) is 6.76. The number of aryl methyl sites for hydroxylation is 1. The Kier molecular flexibility index (Phi) is 4.86. The molecule has 0 saturated carbocycles. The van der Waals surface area contributed by atoms with Gasteiger partial charge in [0.15, 0.2) is 0 Å². The van der Waals surface area contributed by atoms with Crippen molar-refractivity contribution in [1.82, 2.24) is 14.9 Å². The van der Waals surface area contributed by atoms with Crippen LogP contribution in [0.4, 0.5) is 5.69 Å². The summed E-state index contributed by atoms with van der Waals surface area (Å²) in [5, 5.41) is 0. The van der Waals surface area contributed by atoms with Gasteiger partial charge < -0.3 is 9.80 Å². The molecule has 3 heterocycles. The van der Waals surface area contributed by atoms with Gasteiger partial charge >= 0.3 is 0 Å². The van der Waals surface area contributed by atoms with Crippen LogP contribution in [-0.4, -0.2) is 47.0 Å². The highest BCUT2D eigenvalue weighted by molar-refractivity contribution is 5.78. The van der Waals surface area contributed by atoms with Gasteiger partial charge in [-0.1, -0.05) is 6.07 Å². The minimum absolute atomic E-state index is 0.186. The highest BCUT2D eigenvalue weighted by atomic mass is 16.2. The van der Waals surface area contributed by atoms with Crippen LogP contribution in [0.25, 0.3) is 0 Å². The van der Waals surface area contributed by atoms with Crippen LogP contribution in [0.3, 0.4) is 0 Å². The second-order valence-corrected chi connectivity index (χ2v) is 5.91. The molecule has 3 rings (SSSR count). The number of pyridine rings is 2. The third-order valence-corrected chi connectivity index (χ3v) is 4.17. The average Bonchev–Trinajstić information content (AvgIpc) is 2.82. The molecule has 0 N–H and O–H groups in total. The van der Waals surface area contributed by atoms with Gasteiger partial charge in [-0.15, -0.1) is 0 Å². The lowest BCUT2D eigenvalue weighted by Crippen LogP contribution is -2.36. The topological polar surface area (TPSA) is 49.3 Å². The Morgan fingerprint density at radius 1 is 1.17 bits per heavy atom. The fraction of sp³-hybridized carbons (Fsp3) is 0.389. The number of amides is 1. The van der Waals surface area contributed by atoms with Gasteiger partial charge in [0.05, 0.1) is 6.42 Å². The summed E-state index contributed by atoms with van der Waals surface area (Å²) >= 11 is 0. The molecule has 1 aliphatic heterocycles. The maximum absolute atomic E-state index is 12.5. The fourth-order valence-electron chi connectivity index (χ4n) is 2.94. The van der Waals surface area contributed by atoms with Crippen LogP contribution in [0.1, 0.15) is 17.7 Å². The predicted molar refractivity (Wildman–Crippen MR) is 90.3 cm³/mol. The molecule has 0 aliphatic carbocycles. The Bertz CT molecular complexity index is 659. The van der Waals surface area contributed by atoms with Crippen molar-refractivity contribution in [2.45, 2.75) is 19.8 Å². The van der Waals surface area contributed by atoms with Crippen LogP contribution >= 0.6 is 0 Å². The third kappa shape index (κ3) is 4.06. The number of hydrogen-bond donors (Lipinski definition) is 0. The van der Waals surface area contributed by atoms with Crippen LogP contribution in [-0.2, 0) is 11.2 Å². The van der Waals surface area contributed by atoms with Gasteiger partial charge in [0.2, 0.25) is 5.91 Å². The third-order valence-electron chi connectivity index (χ3n) is 4.17. The first kappa shape index (κ1) is 15.5. The van der Waals surface area contributed by atoms with Crippen LogP contribution in [0, 0.1) is 6.92 Å². The summed E-state index contributed by atoms with van der Waals surface area (Å²) in [6.45, 7) is 5.42. The molecule has 0 radical (unpaired) electrons. The monoisotopic (exact) mass is 310 g/mol. The lowest BCUT2D eigenvalue weighted by molar-refractivity contribution is -0.130. The molecule has 0 aromatic carbocycles. The molecule has 5 heteroatoms. The molecule has 5 nitrogen and oxygen atoms in total. The van der Waals surface area contributed by atoms with Gasteiger partial charge in [-0.25, -0.2) is 0 Å². The van der Waals surface area contributed by atoms with E-state index in [9.17, 15) is 4.79 Å². The second-order valence-electron chi connectivity index (χ2n) is 5.91. The van der Waals surface area contributed by atoms with E-state index < -0.39 is 0 Å². The molecule has 2 aromatic rings. The molecule has 0 atom stereocenters. The van der Waals surface area contributed by atoms with E-state index in [-0.39, 0.29) is 5.91 Å². The van der Waals surface area contributed by atoms with E-state index in [1.165, 1.54) is 5.69 Å². The van der Waals surface area contributed by atoms with Crippen LogP contribution < -0.4 is 4.90 Å². The molecule has 23 heavy (non-hydrogen) atoms. The van der Waals surface area contributed by atoms with Gasteiger partial charge in [-0.05, 0) is 37.1 Å². The number of hydrogen-bond acceptors (Lipinski definition) is 4. The summed E-state index contributed by atoms with van der Waals surface area (Å²) in [4.78, 5) is 25.1.